The summed E-state index contributed by atoms with van der Waals surface area (Å²) < 4.78 is 4.90. The lowest BCUT2D eigenvalue weighted by atomic mass is 10.2. The Bertz CT molecular complexity index is 381. The summed E-state index contributed by atoms with van der Waals surface area (Å²) in [6.07, 6.45) is 0.429. The molecule has 106 valence electrons. The van der Waals surface area contributed by atoms with Gasteiger partial charge in [-0.2, -0.15) is 0 Å². The maximum atomic E-state index is 11.6. The molecular formula is C14H21NO3S. The summed E-state index contributed by atoms with van der Waals surface area (Å²) in [4.78, 5) is 12.8. The van der Waals surface area contributed by atoms with Crippen LogP contribution in [0.2, 0.25) is 0 Å². The molecule has 1 amide bonds. The van der Waals surface area contributed by atoms with Gasteiger partial charge in [0.25, 0.3) is 0 Å². The van der Waals surface area contributed by atoms with E-state index in [2.05, 4.69) is 29.6 Å². The Morgan fingerprint density at radius 3 is 2.68 bits per heavy atom. The van der Waals surface area contributed by atoms with Gasteiger partial charge in [-0.05, 0) is 19.1 Å². The zero-order valence-corrected chi connectivity index (χ0v) is 12.2. The number of aliphatic hydroxyl groups is 1. The first-order chi connectivity index (χ1) is 9.15. The third kappa shape index (κ3) is 6.61. The van der Waals surface area contributed by atoms with Gasteiger partial charge in [0.15, 0.2) is 0 Å². The van der Waals surface area contributed by atoms with Crippen LogP contribution in [0.5, 0.6) is 0 Å². The molecule has 0 saturated carbocycles. The number of carbonyl (C=O) groups is 1. The van der Waals surface area contributed by atoms with Crippen LogP contribution in [0, 0.1) is 6.92 Å². The molecule has 5 heteroatoms. The summed E-state index contributed by atoms with van der Waals surface area (Å²) in [5.41, 5.74) is 1.23. The number of carbonyl (C=O) groups excluding carboxylic acids is 1. The number of ether oxygens (including phenoxy) is 1. The van der Waals surface area contributed by atoms with Crippen LogP contribution >= 0.6 is 11.8 Å². The van der Waals surface area contributed by atoms with E-state index in [9.17, 15) is 4.79 Å². The Kier molecular flexibility index (Phi) is 7.55. The van der Waals surface area contributed by atoms with Crippen LogP contribution in [-0.2, 0) is 9.53 Å². The molecule has 1 atom stereocenters. The number of hydrogen-bond donors (Lipinski definition) is 2. The molecule has 0 spiro atoms. The summed E-state index contributed by atoms with van der Waals surface area (Å²) >= 11 is 1.65. The number of thioether (sulfide) groups is 1. The third-order valence-corrected chi connectivity index (χ3v) is 3.59. The van der Waals surface area contributed by atoms with E-state index in [1.807, 2.05) is 6.92 Å². The van der Waals surface area contributed by atoms with Crippen molar-refractivity contribution in [1.29, 1.82) is 0 Å². The molecule has 0 aliphatic carbocycles. The number of rotatable bonds is 8. The van der Waals surface area contributed by atoms with Crippen molar-refractivity contribution in [2.75, 3.05) is 26.1 Å². The minimum Gasteiger partial charge on any atom is -0.394 e. The molecule has 0 aromatic heterocycles. The van der Waals surface area contributed by atoms with Crippen molar-refractivity contribution in [2.45, 2.75) is 24.3 Å². The van der Waals surface area contributed by atoms with E-state index in [0.717, 1.165) is 10.6 Å². The van der Waals surface area contributed by atoms with Gasteiger partial charge in [-0.25, -0.2) is 0 Å². The summed E-state index contributed by atoms with van der Waals surface area (Å²) in [6, 6.07) is 7.91. The first-order valence-corrected chi connectivity index (χ1v) is 7.23. The molecule has 19 heavy (non-hydrogen) atoms. The first kappa shape index (κ1) is 16.0. The number of aliphatic hydroxyl groups excluding tert-OH is 1. The highest BCUT2D eigenvalue weighted by atomic mass is 32.2. The summed E-state index contributed by atoms with van der Waals surface area (Å²) in [7, 11) is 1.54. The van der Waals surface area contributed by atoms with Gasteiger partial charge in [-0.3, -0.25) is 4.79 Å². The molecule has 2 N–H and O–H groups in total. The Morgan fingerprint density at radius 2 is 2.11 bits per heavy atom. The van der Waals surface area contributed by atoms with Crippen LogP contribution < -0.4 is 5.32 Å². The molecule has 0 saturated heterocycles. The molecule has 0 fully saturated rings. The zero-order chi connectivity index (χ0) is 14.1. The summed E-state index contributed by atoms with van der Waals surface area (Å²) in [5, 5.41) is 11.8. The Balaban J connectivity index is 2.24. The highest BCUT2D eigenvalue weighted by Crippen LogP contribution is 2.18. The van der Waals surface area contributed by atoms with Crippen molar-refractivity contribution < 1.29 is 14.6 Å². The van der Waals surface area contributed by atoms with Crippen LogP contribution in [0.3, 0.4) is 0 Å². The molecule has 1 rings (SSSR count). The Labute approximate surface area is 118 Å². The lowest BCUT2D eigenvalue weighted by Crippen LogP contribution is -2.40. The van der Waals surface area contributed by atoms with Gasteiger partial charge >= 0.3 is 0 Å². The number of aryl methyl sites for hydroxylation is 1. The van der Waals surface area contributed by atoms with Gasteiger partial charge in [0.05, 0.1) is 19.3 Å². The fraction of sp³-hybridized carbons (Fsp3) is 0.500. The summed E-state index contributed by atoms with van der Waals surface area (Å²) in [5.74, 6) is 0.663. The lowest BCUT2D eigenvalue weighted by molar-refractivity contribution is -0.122. The number of nitrogens with one attached hydrogen (secondary N) is 1. The average Bonchev–Trinajstić information content (AvgIpc) is 2.40. The Hall–Kier alpha value is -1.04. The number of hydrogen-bond acceptors (Lipinski definition) is 4. The molecule has 0 aliphatic rings. The van der Waals surface area contributed by atoms with Crippen molar-refractivity contribution >= 4 is 17.7 Å². The lowest BCUT2D eigenvalue weighted by Gasteiger charge is -2.14. The fourth-order valence-corrected chi connectivity index (χ4v) is 2.39. The van der Waals surface area contributed by atoms with Crippen LogP contribution in [0.1, 0.15) is 12.0 Å². The maximum Gasteiger partial charge on any atom is 0.221 e. The standard InChI is InChI=1S/C14H21NO3S/c1-11-3-5-13(6-4-11)19-8-7-14(17)15-12(9-16)10-18-2/h3-6,12,16H,7-10H2,1-2H3,(H,15,17). The van der Waals surface area contributed by atoms with Crippen LogP contribution in [0.4, 0.5) is 0 Å². The van der Waals surface area contributed by atoms with Gasteiger partial charge in [0.2, 0.25) is 5.91 Å². The normalized spacial score (nSPS) is 12.2. The summed E-state index contributed by atoms with van der Waals surface area (Å²) in [6.45, 7) is 2.27. The van der Waals surface area contributed by atoms with E-state index in [4.69, 9.17) is 9.84 Å². The molecule has 1 aromatic carbocycles. The smallest absolute Gasteiger partial charge is 0.221 e. The second-order valence-corrected chi connectivity index (χ2v) is 5.48. The van der Waals surface area contributed by atoms with Crippen molar-refractivity contribution in [1.82, 2.24) is 5.32 Å². The predicted octanol–water partition coefficient (Wildman–Crippen LogP) is 1.60. The van der Waals surface area contributed by atoms with Gasteiger partial charge in [0, 0.05) is 24.2 Å². The number of amides is 1. The minimum atomic E-state index is -0.318. The van der Waals surface area contributed by atoms with E-state index in [1.54, 1.807) is 18.9 Å². The van der Waals surface area contributed by atoms with Crippen molar-refractivity contribution in [3.8, 4) is 0 Å². The van der Waals surface area contributed by atoms with Crippen LogP contribution in [0.25, 0.3) is 0 Å². The SMILES string of the molecule is COCC(CO)NC(=O)CCSc1ccc(C)cc1. The second kappa shape index (κ2) is 8.96. The maximum absolute atomic E-state index is 11.6. The molecule has 1 aromatic rings. The third-order valence-electron chi connectivity index (χ3n) is 2.57. The number of benzene rings is 1. The molecule has 0 aliphatic heterocycles. The monoisotopic (exact) mass is 283 g/mol. The molecule has 1 unspecified atom stereocenters. The second-order valence-electron chi connectivity index (χ2n) is 4.31. The highest BCUT2D eigenvalue weighted by molar-refractivity contribution is 7.99. The van der Waals surface area contributed by atoms with Crippen LogP contribution in [-0.4, -0.2) is 43.1 Å². The van der Waals surface area contributed by atoms with Gasteiger partial charge in [0.1, 0.15) is 0 Å². The van der Waals surface area contributed by atoms with Gasteiger partial charge in [-0.1, -0.05) is 17.7 Å². The van der Waals surface area contributed by atoms with Crippen molar-refractivity contribution in [3.63, 3.8) is 0 Å². The van der Waals surface area contributed by atoms with E-state index in [-0.39, 0.29) is 18.6 Å². The highest BCUT2D eigenvalue weighted by Gasteiger charge is 2.10. The molecule has 0 heterocycles. The van der Waals surface area contributed by atoms with Gasteiger partial charge < -0.3 is 15.2 Å². The van der Waals surface area contributed by atoms with E-state index >= 15 is 0 Å². The average molecular weight is 283 g/mol. The zero-order valence-electron chi connectivity index (χ0n) is 11.4. The number of methoxy groups -OCH3 is 1. The van der Waals surface area contributed by atoms with E-state index in [0.29, 0.717) is 13.0 Å². The molecule has 0 bridgehead atoms. The minimum absolute atomic E-state index is 0.0595. The van der Waals surface area contributed by atoms with Crippen molar-refractivity contribution in [3.05, 3.63) is 29.8 Å². The fourth-order valence-electron chi connectivity index (χ4n) is 1.54. The largest absolute Gasteiger partial charge is 0.394 e. The van der Waals surface area contributed by atoms with Crippen LogP contribution in [0.15, 0.2) is 29.2 Å². The van der Waals surface area contributed by atoms with E-state index < -0.39 is 0 Å². The topological polar surface area (TPSA) is 58.6 Å². The molecule has 4 nitrogen and oxygen atoms in total. The van der Waals surface area contributed by atoms with Gasteiger partial charge in [-0.15, -0.1) is 11.8 Å². The molecular weight excluding hydrogens is 262 g/mol. The molecule has 0 radical (unpaired) electrons. The first-order valence-electron chi connectivity index (χ1n) is 6.24. The van der Waals surface area contributed by atoms with Crippen molar-refractivity contribution in [2.24, 2.45) is 0 Å². The predicted molar refractivity (Wildman–Crippen MR) is 77.4 cm³/mol. The van der Waals surface area contributed by atoms with E-state index in [1.165, 1.54) is 5.56 Å². The Morgan fingerprint density at radius 1 is 1.42 bits per heavy atom. The quantitative estimate of drug-likeness (QED) is 0.712.